The summed E-state index contributed by atoms with van der Waals surface area (Å²) in [5.41, 5.74) is 2.77. The summed E-state index contributed by atoms with van der Waals surface area (Å²) in [4.78, 5) is 42.2. The zero-order valence-electron chi connectivity index (χ0n) is 21.8. The molecule has 3 aromatic heterocycles. The summed E-state index contributed by atoms with van der Waals surface area (Å²) in [6.45, 7) is 0.699. The number of halogens is 1. The van der Waals surface area contributed by atoms with E-state index in [1.54, 1.807) is 48.9 Å². The molecule has 0 amide bonds. The van der Waals surface area contributed by atoms with Crippen molar-refractivity contribution < 1.29 is 9.85 Å². The van der Waals surface area contributed by atoms with Crippen molar-refractivity contribution in [1.82, 2.24) is 24.9 Å². The average molecular weight is 611 g/mol. The maximum Gasteiger partial charge on any atom is 0.278 e. The van der Waals surface area contributed by atoms with E-state index in [0.717, 1.165) is 22.6 Å². The van der Waals surface area contributed by atoms with Crippen LogP contribution in [0.5, 0.6) is 0 Å². The highest BCUT2D eigenvalue weighted by Crippen LogP contribution is 2.38. The summed E-state index contributed by atoms with van der Waals surface area (Å²) in [5.74, 6) is 0.781. The van der Waals surface area contributed by atoms with Gasteiger partial charge < -0.3 is 9.88 Å². The van der Waals surface area contributed by atoms with Crippen LogP contribution >= 0.6 is 35.1 Å². The maximum absolute atomic E-state index is 11.1. The van der Waals surface area contributed by atoms with E-state index in [1.165, 1.54) is 29.6 Å². The molecule has 0 unspecified atom stereocenters. The van der Waals surface area contributed by atoms with E-state index in [-0.39, 0.29) is 21.2 Å². The van der Waals surface area contributed by atoms with Crippen LogP contribution in [0, 0.1) is 20.2 Å². The smallest absolute Gasteiger partial charge is 0.278 e. The molecule has 0 bridgehead atoms. The van der Waals surface area contributed by atoms with Crippen molar-refractivity contribution in [1.29, 1.82) is 0 Å². The number of nitrogens with one attached hydrogen (secondary N) is 1. The standard InChI is InChI=1S/C13H12N4O2S.C8H6N2O2.C5H5ClN2S/c1-20-13-14-7-5-12(15-13)16-8-6-9-10(16)3-2-4-11(9)17(18)19;11-10(12)8-3-1-2-7-6(8)4-5-9-7;1-9-5-7-3-2-4(6)8-5/h2-5,7H,6,8H2,1H3;1-5,9H;2-3H,1H3. The van der Waals surface area contributed by atoms with Crippen molar-refractivity contribution in [2.24, 2.45) is 0 Å². The third kappa shape index (κ3) is 7.28. The fourth-order valence-corrected chi connectivity index (χ4v) is 4.95. The van der Waals surface area contributed by atoms with Crippen molar-refractivity contribution >= 4 is 68.9 Å². The summed E-state index contributed by atoms with van der Waals surface area (Å²) in [5, 5.41) is 24.1. The Morgan fingerprint density at radius 2 is 1.54 bits per heavy atom. The monoisotopic (exact) mass is 610 g/mol. The van der Waals surface area contributed by atoms with Crippen LogP contribution < -0.4 is 4.90 Å². The van der Waals surface area contributed by atoms with E-state index < -0.39 is 0 Å². The number of nitro benzene ring substituents is 2. The van der Waals surface area contributed by atoms with Crippen LogP contribution in [0.15, 0.2) is 83.5 Å². The average Bonchev–Trinajstić information content (AvgIpc) is 3.65. The second-order valence-corrected chi connectivity index (χ2v) is 10.1. The lowest BCUT2D eigenvalue weighted by Crippen LogP contribution is -2.15. The molecule has 0 spiro atoms. The molecule has 1 aliphatic rings. The van der Waals surface area contributed by atoms with E-state index in [9.17, 15) is 20.2 Å². The van der Waals surface area contributed by atoms with Crippen LogP contribution in [0.3, 0.4) is 0 Å². The summed E-state index contributed by atoms with van der Waals surface area (Å²) >= 11 is 8.51. The van der Waals surface area contributed by atoms with Crippen molar-refractivity contribution in [3.8, 4) is 0 Å². The minimum Gasteiger partial charge on any atom is -0.361 e. The molecule has 0 atom stereocenters. The third-order valence-electron chi connectivity index (χ3n) is 5.83. The molecule has 4 heterocycles. The molecule has 210 valence electrons. The number of nitro groups is 2. The molecule has 1 N–H and O–H groups in total. The molecule has 0 fully saturated rings. The number of benzene rings is 2. The largest absolute Gasteiger partial charge is 0.361 e. The molecule has 0 saturated heterocycles. The van der Waals surface area contributed by atoms with Gasteiger partial charge in [-0.2, -0.15) is 0 Å². The Bertz CT molecular complexity index is 1690. The first-order valence-electron chi connectivity index (χ1n) is 12.0. The van der Waals surface area contributed by atoms with E-state index >= 15 is 0 Å². The van der Waals surface area contributed by atoms with Gasteiger partial charge in [-0.3, -0.25) is 20.2 Å². The Hall–Kier alpha value is -4.27. The number of hydrogen-bond acceptors (Lipinski definition) is 11. The van der Waals surface area contributed by atoms with Gasteiger partial charge in [0.15, 0.2) is 10.3 Å². The van der Waals surface area contributed by atoms with Gasteiger partial charge in [-0.15, -0.1) is 0 Å². The van der Waals surface area contributed by atoms with Crippen LogP contribution in [-0.2, 0) is 6.42 Å². The Balaban J connectivity index is 0.000000156. The summed E-state index contributed by atoms with van der Waals surface area (Å²) in [6.07, 6.45) is 9.53. The van der Waals surface area contributed by atoms with Gasteiger partial charge >= 0.3 is 0 Å². The van der Waals surface area contributed by atoms with Gasteiger partial charge in [0.1, 0.15) is 11.0 Å². The minimum atomic E-state index is -0.379. The van der Waals surface area contributed by atoms with Crippen molar-refractivity contribution in [2.45, 2.75) is 16.7 Å². The highest BCUT2D eigenvalue weighted by atomic mass is 35.5. The number of H-pyrrole nitrogens is 1. The molecule has 1 aliphatic heterocycles. The lowest BCUT2D eigenvalue weighted by atomic mass is 10.1. The molecule has 12 nitrogen and oxygen atoms in total. The molecule has 0 saturated carbocycles. The Morgan fingerprint density at radius 3 is 2.20 bits per heavy atom. The Kier molecular flexibility index (Phi) is 10.1. The van der Waals surface area contributed by atoms with Gasteiger partial charge in [-0.25, -0.2) is 19.9 Å². The number of anilines is 2. The van der Waals surface area contributed by atoms with Crippen molar-refractivity contribution in [3.05, 3.63) is 104 Å². The number of aromatic amines is 1. The number of rotatable bonds is 5. The number of nitrogens with zero attached hydrogens (tertiary/aromatic N) is 7. The first-order chi connectivity index (χ1) is 19.8. The highest BCUT2D eigenvalue weighted by Gasteiger charge is 2.28. The lowest BCUT2D eigenvalue weighted by molar-refractivity contribution is -0.385. The summed E-state index contributed by atoms with van der Waals surface area (Å²) in [6, 6.07) is 15.3. The predicted molar refractivity (Wildman–Crippen MR) is 161 cm³/mol. The van der Waals surface area contributed by atoms with Gasteiger partial charge in [-0.1, -0.05) is 47.3 Å². The molecular weight excluding hydrogens is 588 g/mol. The number of hydrogen-bond donors (Lipinski definition) is 1. The normalized spacial score (nSPS) is 11.6. The van der Waals surface area contributed by atoms with Crippen molar-refractivity contribution in [3.63, 3.8) is 0 Å². The summed E-state index contributed by atoms with van der Waals surface area (Å²) in [7, 11) is 0. The number of aromatic nitrogens is 5. The van der Waals surface area contributed by atoms with Crippen molar-refractivity contribution in [2.75, 3.05) is 24.0 Å². The third-order valence-corrected chi connectivity index (χ3v) is 7.16. The van der Waals surface area contributed by atoms with Gasteiger partial charge in [0.2, 0.25) is 0 Å². The molecule has 41 heavy (non-hydrogen) atoms. The minimum absolute atomic E-state index is 0.147. The highest BCUT2D eigenvalue weighted by molar-refractivity contribution is 7.98. The lowest BCUT2D eigenvalue weighted by Gasteiger charge is -2.18. The SMILES string of the molecule is CSc1nccc(Cl)n1.CSc1nccc(N2CCc3c2cccc3[N+](=O)[O-])n1.O=[N+]([O-])c1cccc2[nH]ccc12. The number of thioether (sulfide) groups is 2. The Morgan fingerprint density at radius 1 is 0.878 bits per heavy atom. The van der Waals surface area contributed by atoms with E-state index in [0.29, 0.717) is 33.8 Å². The van der Waals surface area contributed by atoms with Crippen LogP contribution in [0.4, 0.5) is 22.9 Å². The number of non-ortho nitro benzene ring substituents is 1. The molecule has 2 aromatic carbocycles. The quantitative estimate of drug-likeness (QED) is 0.0739. The van der Waals surface area contributed by atoms with Crippen LogP contribution in [0.2, 0.25) is 5.15 Å². The van der Waals surface area contributed by atoms with Gasteiger partial charge in [0.05, 0.1) is 32.0 Å². The van der Waals surface area contributed by atoms with Gasteiger partial charge in [0, 0.05) is 37.3 Å². The topological polar surface area (TPSA) is 157 Å². The van der Waals surface area contributed by atoms with Gasteiger partial charge in [-0.05, 0) is 49.3 Å². The zero-order valence-corrected chi connectivity index (χ0v) is 24.2. The molecule has 6 rings (SSSR count). The van der Waals surface area contributed by atoms with Crippen LogP contribution in [-0.4, -0.2) is 53.8 Å². The fourth-order valence-electron chi connectivity index (χ4n) is 4.05. The van der Waals surface area contributed by atoms with E-state index in [1.807, 2.05) is 35.6 Å². The molecule has 0 radical (unpaired) electrons. The number of fused-ring (bicyclic) bond motifs is 2. The van der Waals surface area contributed by atoms with Crippen LogP contribution in [0.25, 0.3) is 10.9 Å². The van der Waals surface area contributed by atoms with E-state index in [4.69, 9.17) is 11.6 Å². The van der Waals surface area contributed by atoms with Crippen LogP contribution in [0.1, 0.15) is 5.56 Å². The second kappa shape index (κ2) is 13.9. The molecule has 0 aliphatic carbocycles. The fraction of sp³-hybridized carbons (Fsp3) is 0.154. The summed E-state index contributed by atoms with van der Waals surface area (Å²) < 4.78 is 0. The zero-order chi connectivity index (χ0) is 29.4. The van der Waals surface area contributed by atoms with E-state index in [2.05, 4.69) is 24.9 Å². The molecular formula is C26H23ClN8O4S2. The second-order valence-electron chi connectivity index (χ2n) is 8.17. The molecule has 5 aromatic rings. The Labute approximate surface area is 247 Å². The molecule has 15 heteroatoms. The van der Waals surface area contributed by atoms with Gasteiger partial charge in [0.25, 0.3) is 11.4 Å². The predicted octanol–water partition coefficient (Wildman–Crippen LogP) is 6.73. The first kappa shape index (κ1) is 29.7. The maximum atomic E-state index is 11.1. The first-order valence-corrected chi connectivity index (χ1v) is 14.8.